The number of pyridine rings is 1. The summed E-state index contributed by atoms with van der Waals surface area (Å²) in [6, 6.07) is 7.75. The predicted octanol–water partition coefficient (Wildman–Crippen LogP) is 4.01. The third kappa shape index (κ3) is 2.15. The summed E-state index contributed by atoms with van der Waals surface area (Å²) in [7, 11) is 2.07. The van der Waals surface area contributed by atoms with E-state index in [1.54, 1.807) is 12.1 Å². The van der Waals surface area contributed by atoms with Crippen LogP contribution in [0.1, 0.15) is 43.6 Å². The minimum atomic E-state index is -0.165. The van der Waals surface area contributed by atoms with Gasteiger partial charge in [-0.25, -0.2) is 4.39 Å². The van der Waals surface area contributed by atoms with Crippen molar-refractivity contribution in [3.63, 3.8) is 0 Å². The van der Waals surface area contributed by atoms with E-state index in [9.17, 15) is 4.39 Å². The Kier molecular flexibility index (Phi) is 3.00. The molecule has 2 aliphatic carbocycles. The van der Waals surface area contributed by atoms with E-state index in [4.69, 9.17) is 0 Å². The lowest BCUT2D eigenvalue weighted by Crippen LogP contribution is -2.23. The molecule has 1 aromatic carbocycles. The average Bonchev–Trinajstić information content (AvgIpc) is 3.20. The molecule has 2 nitrogen and oxygen atoms in total. The largest absolute Gasteiger partial charge is 0.316 e. The van der Waals surface area contributed by atoms with Crippen molar-refractivity contribution in [2.24, 2.45) is 5.41 Å². The monoisotopic (exact) mass is 284 g/mol. The maximum absolute atomic E-state index is 13.6. The number of aromatic nitrogens is 1. The Morgan fingerprint density at radius 1 is 1.24 bits per heavy atom. The number of halogens is 1. The molecule has 0 bridgehead atoms. The number of benzene rings is 1. The van der Waals surface area contributed by atoms with Crippen molar-refractivity contribution in [1.29, 1.82) is 0 Å². The van der Waals surface area contributed by atoms with Gasteiger partial charge in [0.15, 0.2) is 0 Å². The van der Waals surface area contributed by atoms with E-state index in [1.165, 1.54) is 43.7 Å². The molecule has 2 fully saturated rings. The quantitative estimate of drug-likeness (QED) is 0.901. The zero-order valence-corrected chi connectivity index (χ0v) is 12.4. The summed E-state index contributed by atoms with van der Waals surface area (Å²) >= 11 is 0. The Balaban J connectivity index is 1.62. The predicted molar refractivity (Wildman–Crippen MR) is 82.8 cm³/mol. The molecular formula is C18H21FN2. The van der Waals surface area contributed by atoms with E-state index >= 15 is 0 Å². The molecule has 4 rings (SSSR count). The van der Waals surface area contributed by atoms with Gasteiger partial charge in [-0.1, -0.05) is 0 Å². The van der Waals surface area contributed by atoms with Gasteiger partial charge in [-0.3, -0.25) is 4.98 Å². The van der Waals surface area contributed by atoms with Gasteiger partial charge in [0.25, 0.3) is 0 Å². The van der Waals surface area contributed by atoms with Crippen LogP contribution in [0.25, 0.3) is 10.9 Å². The maximum Gasteiger partial charge on any atom is 0.123 e. The second-order valence-corrected chi connectivity index (χ2v) is 6.74. The maximum atomic E-state index is 13.6. The lowest BCUT2D eigenvalue weighted by molar-refractivity contribution is 0.290. The van der Waals surface area contributed by atoms with E-state index in [-0.39, 0.29) is 5.82 Å². The summed E-state index contributed by atoms with van der Waals surface area (Å²) in [6.45, 7) is 0. The number of rotatable bonds is 2. The summed E-state index contributed by atoms with van der Waals surface area (Å²) in [6.07, 6.45) is 8.22. The summed E-state index contributed by atoms with van der Waals surface area (Å²) in [5.74, 6) is 0.391. The fraction of sp³-hybridized carbons (Fsp3) is 0.500. The third-order valence-electron chi connectivity index (χ3n) is 5.70. The Morgan fingerprint density at radius 3 is 2.76 bits per heavy atom. The summed E-state index contributed by atoms with van der Waals surface area (Å²) < 4.78 is 13.6. The van der Waals surface area contributed by atoms with Crippen molar-refractivity contribution in [3.05, 3.63) is 41.8 Å². The Morgan fingerprint density at radius 2 is 2.05 bits per heavy atom. The Bertz CT molecular complexity index is 674. The first-order valence-corrected chi connectivity index (χ1v) is 7.93. The molecule has 1 spiro atoms. The van der Waals surface area contributed by atoms with Crippen molar-refractivity contribution in [3.8, 4) is 0 Å². The number of nitrogens with zero attached hydrogens (tertiary/aromatic N) is 1. The van der Waals surface area contributed by atoms with Gasteiger partial charge < -0.3 is 5.32 Å². The number of hydrogen-bond donors (Lipinski definition) is 1. The molecule has 0 radical (unpaired) electrons. The summed E-state index contributed by atoms with van der Waals surface area (Å²) in [4.78, 5) is 4.37. The summed E-state index contributed by atoms with van der Waals surface area (Å²) in [5.41, 5.74) is 2.77. The second kappa shape index (κ2) is 4.77. The van der Waals surface area contributed by atoms with Crippen molar-refractivity contribution in [1.82, 2.24) is 10.3 Å². The van der Waals surface area contributed by atoms with Gasteiger partial charge in [-0.15, -0.1) is 0 Å². The fourth-order valence-corrected chi connectivity index (χ4v) is 4.31. The van der Waals surface area contributed by atoms with Crippen molar-refractivity contribution >= 4 is 10.9 Å². The van der Waals surface area contributed by atoms with Gasteiger partial charge in [0.2, 0.25) is 0 Å². The third-order valence-corrected chi connectivity index (χ3v) is 5.70. The van der Waals surface area contributed by atoms with Crippen LogP contribution in [0.15, 0.2) is 30.5 Å². The standard InChI is InChI=1S/C18H21FN2/c1-20-17-11-18(17)7-4-12(5-8-18)14-6-9-21-16-3-2-13(19)10-15(14)16/h2-3,6,9-10,12,17,20H,4-5,7-8,11H2,1H3. The molecule has 21 heavy (non-hydrogen) atoms. The van der Waals surface area contributed by atoms with E-state index in [2.05, 4.69) is 23.4 Å². The van der Waals surface area contributed by atoms with Crippen LogP contribution in [0.4, 0.5) is 4.39 Å². The molecule has 3 heteroatoms. The molecular weight excluding hydrogens is 263 g/mol. The first kappa shape index (κ1) is 13.2. The zero-order chi connectivity index (χ0) is 14.4. The van der Waals surface area contributed by atoms with Crippen LogP contribution in [0.2, 0.25) is 0 Å². The molecule has 1 atom stereocenters. The highest BCUT2D eigenvalue weighted by Crippen LogP contribution is 2.58. The van der Waals surface area contributed by atoms with Crippen molar-refractivity contribution in [2.75, 3.05) is 7.05 Å². The fourth-order valence-electron chi connectivity index (χ4n) is 4.31. The highest BCUT2D eigenvalue weighted by molar-refractivity contribution is 5.82. The van der Waals surface area contributed by atoms with Crippen molar-refractivity contribution < 1.29 is 4.39 Å². The zero-order valence-electron chi connectivity index (χ0n) is 12.4. The molecule has 0 amide bonds. The lowest BCUT2D eigenvalue weighted by atomic mass is 9.76. The van der Waals surface area contributed by atoms with Crippen molar-refractivity contribution in [2.45, 2.75) is 44.1 Å². The Labute approximate surface area is 124 Å². The van der Waals surface area contributed by atoms with E-state index < -0.39 is 0 Å². The van der Waals surface area contributed by atoms with Crippen LogP contribution in [0.5, 0.6) is 0 Å². The van der Waals surface area contributed by atoms with Crippen LogP contribution in [-0.4, -0.2) is 18.1 Å². The van der Waals surface area contributed by atoms with Gasteiger partial charge >= 0.3 is 0 Å². The minimum absolute atomic E-state index is 0.165. The molecule has 2 aromatic rings. The van der Waals surface area contributed by atoms with Gasteiger partial charge in [0, 0.05) is 17.6 Å². The second-order valence-electron chi connectivity index (χ2n) is 6.74. The van der Waals surface area contributed by atoms with Gasteiger partial charge in [-0.2, -0.15) is 0 Å². The van der Waals surface area contributed by atoms with E-state index in [1.807, 2.05) is 6.20 Å². The molecule has 1 aromatic heterocycles. The highest BCUT2D eigenvalue weighted by Gasteiger charge is 2.54. The van der Waals surface area contributed by atoms with Crippen LogP contribution in [-0.2, 0) is 0 Å². The highest BCUT2D eigenvalue weighted by atomic mass is 19.1. The Hall–Kier alpha value is -1.48. The summed E-state index contributed by atoms with van der Waals surface area (Å²) in [5, 5.41) is 4.43. The van der Waals surface area contributed by atoms with Gasteiger partial charge in [0.1, 0.15) is 5.82 Å². The van der Waals surface area contributed by atoms with E-state index in [0.29, 0.717) is 11.3 Å². The molecule has 1 N–H and O–H groups in total. The van der Waals surface area contributed by atoms with Crippen LogP contribution in [0.3, 0.4) is 0 Å². The minimum Gasteiger partial charge on any atom is -0.316 e. The van der Waals surface area contributed by atoms with Crippen LogP contribution < -0.4 is 5.32 Å². The first-order valence-electron chi connectivity index (χ1n) is 7.93. The van der Waals surface area contributed by atoms with Gasteiger partial charge in [0.05, 0.1) is 5.52 Å². The van der Waals surface area contributed by atoms with Crippen LogP contribution in [0, 0.1) is 11.2 Å². The molecule has 1 unspecified atom stereocenters. The molecule has 2 saturated carbocycles. The number of nitrogens with one attached hydrogen (secondary N) is 1. The molecule has 0 saturated heterocycles. The average molecular weight is 284 g/mol. The normalized spacial score (nSPS) is 31.7. The smallest absolute Gasteiger partial charge is 0.123 e. The van der Waals surface area contributed by atoms with Gasteiger partial charge in [-0.05, 0) is 80.3 Å². The molecule has 0 aliphatic heterocycles. The lowest BCUT2D eigenvalue weighted by Gasteiger charge is -2.30. The van der Waals surface area contributed by atoms with Crippen LogP contribution >= 0.6 is 0 Å². The first-order chi connectivity index (χ1) is 10.2. The topological polar surface area (TPSA) is 24.9 Å². The molecule has 2 aliphatic rings. The molecule has 1 heterocycles. The number of fused-ring (bicyclic) bond motifs is 1. The van der Waals surface area contributed by atoms with E-state index in [0.717, 1.165) is 16.9 Å². The number of hydrogen-bond acceptors (Lipinski definition) is 2. The SMILES string of the molecule is CNC1CC12CCC(c1ccnc3ccc(F)cc13)CC2. The molecule has 110 valence electrons.